The monoisotopic (exact) mass is 250 g/mol. The molecule has 1 aromatic rings. The topological polar surface area (TPSA) is 44.0 Å². The molecule has 0 bridgehead atoms. The van der Waals surface area contributed by atoms with Crippen molar-refractivity contribution in [3.63, 3.8) is 0 Å². The highest BCUT2D eigenvalue weighted by molar-refractivity contribution is 5.08. The maximum Gasteiger partial charge on any atom is 0.0534 e. The van der Waals surface area contributed by atoms with E-state index in [1.54, 1.807) is 0 Å². The third-order valence-corrected chi connectivity index (χ3v) is 4.23. The molecule has 1 fully saturated rings. The van der Waals surface area contributed by atoms with E-state index in [-0.39, 0.29) is 0 Å². The van der Waals surface area contributed by atoms with E-state index in [9.17, 15) is 0 Å². The first-order valence-corrected chi connectivity index (χ1v) is 7.17. The number of nitrogens with one attached hydrogen (secondary N) is 2. The summed E-state index contributed by atoms with van der Waals surface area (Å²) in [5, 5.41) is 10.6. The second-order valence-electron chi connectivity index (χ2n) is 5.50. The van der Waals surface area contributed by atoms with Crippen LogP contribution in [0.4, 0.5) is 0 Å². The largest absolute Gasteiger partial charge is 0.307 e. The predicted octanol–water partition coefficient (Wildman–Crippen LogP) is 2.18. The van der Waals surface area contributed by atoms with Gasteiger partial charge >= 0.3 is 0 Å². The quantitative estimate of drug-likeness (QED) is 0.842. The van der Waals surface area contributed by atoms with Gasteiger partial charge in [-0.2, -0.15) is 5.10 Å². The Labute approximate surface area is 110 Å². The fraction of sp³-hybridized carbons (Fsp3) is 0.786. The zero-order valence-corrected chi connectivity index (χ0v) is 11.8. The lowest BCUT2D eigenvalue weighted by Crippen LogP contribution is -2.44. The molecular formula is C14H26N4. The van der Waals surface area contributed by atoms with E-state index < -0.39 is 0 Å². The average molecular weight is 250 g/mol. The Hall–Kier alpha value is -0.870. The van der Waals surface area contributed by atoms with E-state index in [0.29, 0.717) is 12.1 Å². The number of nitrogens with zero attached hydrogens (tertiary/aromatic N) is 2. The Balaban J connectivity index is 1.85. The SMILES string of the molecule is CCN1CCCC(C(C)NC(C)c2cn[nH]c2)C1. The van der Waals surface area contributed by atoms with Crippen LogP contribution in [0.1, 0.15) is 45.2 Å². The standard InChI is InChI=1S/C14H26N4/c1-4-18-7-5-6-13(10-18)11(2)17-12(3)14-8-15-16-9-14/h8-9,11-13,17H,4-7,10H2,1-3H3,(H,15,16). The summed E-state index contributed by atoms with van der Waals surface area (Å²) in [6.07, 6.45) is 6.57. The van der Waals surface area contributed by atoms with E-state index in [4.69, 9.17) is 0 Å². The van der Waals surface area contributed by atoms with Gasteiger partial charge < -0.3 is 10.2 Å². The zero-order valence-electron chi connectivity index (χ0n) is 11.8. The van der Waals surface area contributed by atoms with Crippen LogP contribution in [0.3, 0.4) is 0 Å². The molecule has 102 valence electrons. The Morgan fingerprint density at radius 1 is 1.56 bits per heavy atom. The molecular weight excluding hydrogens is 224 g/mol. The molecule has 0 spiro atoms. The fourth-order valence-electron chi connectivity index (χ4n) is 2.91. The molecule has 1 aliphatic heterocycles. The molecule has 0 amide bonds. The van der Waals surface area contributed by atoms with Crippen molar-refractivity contribution in [3.8, 4) is 0 Å². The molecule has 1 aromatic heterocycles. The van der Waals surface area contributed by atoms with Crippen molar-refractivity contribution in [2.24, 2.45) is 5.92 Å². The van der Waals surface area contributed by atoms with E-state index >= 15 is 0 Å². The molecule has 1 saturated heterocycles. The molecule has 0 radical (unpaired) electrons. The maximum atomic E-state index is 4.02. The summed E-state index contributed by atoms with van der Waals surface area (Å²) in [7, 11) is 0. The van der Waals surface area contributed by atoms with Gasteiger partial charge in [0, 0.05) is 30.4 Å². The molecule has 1 aliphatic rings. The Bertz CT molecular complexity index is 336. The Kier molecular flexibility index (Phi) is 4.78. The third-order valence-electron chi connectivity index (χ3n) is 4.23. The van der Waals surface area contributed by atoms with Crippen molar-refractivity contribution < 1.29 is 0 Å². The summed E-state index contributed by atoms with van der Waals surface area (Å²) >= 11 is 0. The van der Waals surface area contributed by atoms with Gasteiger partial charge in [0.15, 0.2) is 0 Å². The molecule has 2 heterocycles. The van der Waals surface area contributed by atoms with Crippen LogP contribution in [0, 0.1) is 5.92 Å². The van der Waals surface area contributed by atoms with Crippen molar-refractivity contribution in [3.05, 3.63) is 18.0 Å². The number of hydrogen-bond donors (Lipinski definition) is 2. The second-order valence-corrected chi connectivity index (χ2v) is 5.50. The van der Waals surface area contributed by atoms with Gasteiger partial charge in [-0.25, -0.2) is 0 Å². The fourth-order valence-corrected chi connectivity index (χ4v) is 2.91. The van der Waals surface area contributed by atoms with Gasteiger partial charge in [0.2, 0.25) is 0 Å². The van der Waals surface area contributed by atoms with Crippen molar-refractivity contribution in [2.45, 2.75) is 45.7 Å². The summed E-state index contributed by atoms with van der Waals surface area (Å²) in [5.41, 5.74) is 1.24. The Morgan fingerprint density at radius 3 is 3.06 bits per heavy atom. The van der Waals surface area contributed by atoms with Crippen LogP contribution >= 0.6 is 0 Å². The van der Waals surface area contributed by atoms with Crippen LogP contribution < -0.4 is 5.32 Å². The van der Waals surface area contributed by atoms with Crippen LogP contribution in [-0.4, -0.2) is 40.8 Å². The first-order chi connectivity index (χ1) is 8.70. The predicted molar refractivity (Wildman–Crippen MR) is 74.4 cm³/mol. The molecule has 2 N–H and O–H groups in total. The lowest BCUT2D eigenvalue weighted by Gasteiger charge is -2.36. The van der Waals surface area contributed by atoms with Gasteiger partial charge in [-0.3, -0.25) is 5.10 Å². The van der Waals surface area contributed by atoms with Crippen molar-refractivity contribution in [1.29, 1.82) is 0 Å². The Morgan fingerprint density at radius 2 is 2.39 bits per heavy atom. The molecule has 4 nitrogen and oxygen atoms in total. The summed E-state index contributed by atoms with van der Waals surface area (Å²) in [4.78, 5) is 2.56. The van der Waals surface area contributed by atoms with Gasteiger partial charge in [-0.05, 0) is 45.7 Å². The second kappa shape index (κ2) is 6.34. The number of H-pyrrole nitrogens is 1. The molecule has 18 heavy (non-hydrogen) atoms. The van der Waals surface area contributed by atoms with E-state index in [1.807, 2.05) is 12.4 Å². The molecule has 3 atom stereocenters. The minimum Gasteiger partial charge on any atom is -0.307 e. The van der Waals surface area contributed by atoms with Crippen LogP contribution in [0.5, 0.6) is 0 Å². The van der Waals surface area contributed by atoms with Gasteiger partial charge in [0.25, 0.3) is 0 Å². The first-order valence-electron chi connectivity index (χ1n) is 7.17. The molecule has 2 rings (SSSR count). The number of aromatic nitrogens is 2. The maximum absolute atomic E-state index is 4.02. The molecule has 3 unspecified atom stereocenters. The van der Waals surface area contributed by atoms with Gasteiger partial charge in [-0.1, -0.05) is 6.92 Å². The van der Waals surface area contributed by atoms with Crippen LogP contribution in [-0.2, 0) is 0 Å². The van der Waals surface area contributed by atoms with Crippen molar-refractivity contribution >= 4 is 0 Å². The zero-order chi connectivity index (χ0) is 13.0. The average Bonchev–Trinajstić information content (AvgIpc) is 2.92. The minimum absolute atomic E-state index is 0.371. The summed E-state index contributed by atoms with van der Waals surface area (Å²) in [6, 6.07) is 0.931. The molecule has 0 saturated carbocycles. The summed E-state index contributed by atoms with van der Waals surface area (Å²) in [6.45, 7) is 10.5. The third kappa shape index (κ3) is 3.33. The summed E-state index contributed by atoms with van der Waals surface area (Å²) in [5.74, 6) is 0.771. The highest BCUT2D eigenvalue weighted by Gasteiger charge is 2.24. The number of likely N-dealkylation sites (tertiary alicyclic amines) is 1. The highest BCUT2D eigenvalue weighted by atomic mass is 15.1. The van der Waals surface area contributed by atoms with Crippen LogP contribution in [0.15, 0.2) is 12.4 Å². The highest BCUT2D eigenvalue weighted by Crippen LogP contribution is 2.21. The first kappa shape index (κ1) is 13.6. The minimum atomic E-state index is 0.371. The van der Waals surface area contributed by atoms with Gasteiger partial charge in [0.05, 0.1) is 6.20 Å². The number of hydrogen-bond acceptors (Lipinski definition) is 3. The van der Waals surface area contributed by atoms with Crippen LogP contribution in [0.2, 0.25) is 0 Å². The van der Waals surface area contributed by atoms with Crippen LogP contribution in [0.25, 0.3) is 0 Å². The normalized spacial score (nSPS) is 24.9. The molecule has 0 aromatic carbocycles. The van der Waals surface area contributed by atoms with E-state index in [0.717, 1.165) is 5.92 Å². The molecule has 0 aliphatic carbocycles. The lowest BCUT2D eigenvalue weighted by molar-refractivity contribution is 0.153. The summed E-state index contributed by atoms with van der Waals surface area (Å²) < 4.78 is 0. The van der Waals surface area contributed by atoms with Gasteiger partial charge in [-0.15, -0.1) is 0 Å². The number of piperidine rings is 1. The smallest absolute Gasteiger partial charge is 0.0534 e. The number of aromatic amines is 1. The van der Waals surface area contributed by atoms with E-state index in [2.05, 4.69) is 41.2 Å². The lowest BCUT2D eigenvalue weighted by atomic mass is 9.91. The number of rotatable bonds is 5. The van der Waals surface area contributed by atoms with Gasteiger partial charge in [0.1, 0.15) is 0 Å². The van der Waals surface area contributed by atoms with E-state index in [1.165, 1.54) is 38.0 Å². The van der Waals surface area contributed by atoms with Crippen molar-refractivity contribution in [2.75, 3.05) is 19.6 Å². The van der Waals surface area contributed by atoms with Crippen molar-refractivity contribution in [1.82, 2.24) is 20.4 Å². The molecule has 4 heteroatoms.